The lowest BCUT2D eigenvalue weighted by molar-refractivity contribution is -0.120. The average Bonchev–Trinajstić information content (AvgIpc) is 2.94. The number of nitrogens with zero attached hydrogens (tertiary/aromatic N) is 1. The van der Waals surface area contributed by atoms with Crippen LogP contribution < -0.4 is 10.2 Å². The van der Waals surface area contributed by atoms with Crippen molar-refractivity contribution in [3.63, 3.8) is 0 Å². The number of hydrogen-bond acceptors (Lipinski definition) is 3. The Bertz CT molecular complexity index is 1290. The van der Waals surface area contributed by atoms with E-state index in [1.54, 1.807) is 6.07 Å². The second-order valence-electron chi connectivity index (χ2n) is 8.09. The second-order valence-corrected chi connectivity index (χ2v) is 8.09. The van der Waals surface area contributed by atoms with Crippen molar-refractivity contribution in [3.05, 3.63) is 99.7 Å². The molecule has 0 fully saturated rings. The molecule has 3 aromatic carbocycles. The van der Waals surface area contributed by atoms with Gasteiger partial charge in [0.2, 0.25) is 0 Å². The highest BCUT2D eigenvalue weighted by Gasteiger charge is 2.41. The van der Waals surface area contributed by atoms with Crippen LogP contribution in [0.4, 0.5) is 20.2 Å². The first-order valence-electron chi connectivity index (χ1n) is 10.2. The van der Waals surface area contributed by atoms with Gasteiger partial charge in [0, 0.05) is 11.8 Å². The van der Waals surface area contributed by atoms with Gasteiger partial charge in [-0.1, -0.05) is 24.3 Å². The van der Waals surface area contributed by atoms with Gasteiger partial charge in [0.05, 0.1) is 11.3 Å². The van der Waals surface area contributed by atoms with E-state index in [4.69, 9.17) is 0 Å². The molecule has 1 aliphatic heterocycles. The van der Waals surface area contributed by atoms with Gasteiger partial charge in [0.25, 0.3) is 11.8 Å². The van der Waals surface area contributed by atoms with Crippen LogP contribution in [0.25, 0.3) is 5.57 Å². The Hall–Kier alpha value is -3.80. The van der Waals surface area contributed by atoms with Crippen molar-refractivity contribution in [1.29, 1.82) is 0 Å². The predicted molar refractivity (Wildman–Crippen MR) is 121 cm³/mol. The van der Waals surface area contributed by atoms with E-state index in [0.717, 1.165) is 39.3 Å². The van der Waals surface area contributed by atoms with Gasteiger partial charge >= 0.3 is 0 Å². The smallest absolute Gasteiger partial charge is 0.282 e. The molecule has 162 valence electrons. The van der Waals surface area contributed by atoms with Crippen LogP contribution in [0.3, 0.4) is 0 Å². The topological polar surface area (TPSA) is 49.4 Å². The van der Waals surface area contributed by atoms with Crippen LogP contribution in [0.1, 0.15) is 27.8 Å². The first-order chi connectivity index (χ1) is 15.2. The van der Waals surface area contributed by atoms with Crippen molar-refractivity contribution in [1.82, 2.24) is 0 Å². The molecule has 0 unspecified atom stereocenters. The maximum absolute atomic E-state index is 14.5. The van der Waals surface area contributed by atoms with Gasteiger partial charge in [-0.3, -0.25) is 9.59 Å². The Morgan fingerprint density at radius 1 is 0.750 bits per heavy atom. The molecule has 0 spiro atoms. The molecular formula is C26H22F2N2O2. The van der Waals surface area contributed by atoms with E-state index in [1.165, 1.54) is 0 Å². The molecule has 0 atom stereocenters. The largest absolute Gasteiger partial charge is 0.350 e. The van der Waals surface area contributed by atoms with Crippen LogP contribution >= 0.6 is 0 Å². The minimum atomic E-state index is -0.987. The number of imide groups is 1. The van der Waals surface area contributed by atoms with Crippen molar-refractivity contribution in [2.45, 2.75) is 27.7 Å². The lowest BCUT2D eigenvalue weighted by Gasteiger charge is -2.16. The van der Waals surface area contributed by atoms with E-state index in [0.29, 0.717) is 17.3 Å². The molecular weight excluding hydrogens is 410 g/mol. The minimum Gasteiger partial charge on any atom is -0.350 e. The Balaban J connectivity index is 1.88. The number of carbonyl (C=O) groups excluding carboxylic acids is 2. The van der Waals surface area contributed by atoms with Crippen molar-refractivity contribution >= 4 is 28.8 Å². The Morgan fingerprint density at radius 3 is 2.06 bits per heavy atom. The molecule has 2 amide bonds. The van der Waals surface area contributed by atoms with E-state index in [1.807, 2.05) is 58.0 Å². The number of amides is 2. The first kappa shape index (κ1) is 21.4. The first-order valence-corrected chi connectivity index (χ1v) is 10.2. The van der Waals surface area contributed by atoms with Crippen LogP contribution in [-0.4, -0.2) is 11.8 Å². The molecule has 1 heterocycles. The molecule has 1 aliphatic rings. The molecule has 1 N–H and O–H groups in total. The fraction of sp³-hybridized carbons (Fsp3) is 0.154. The number of hydrogen-bond donors (Lipinski definition) is 1. The molecule has 0 bridgehead atoms. The molecule has 0 saturated carbocycles. The number of benzene rings is 3. The van der Waals surface area contributed by atoms with E-state index in [-0.39, 0.29) is 17.0 Å². The van der Waals surface area contributed by atoms with E-state index >= 15 is 0 Å². The molecule has 0 saturated heterocycles. The van der Waals surface area contributed by atoms with Crippen molar-refractivity contribution in [2.24, 2.45) is 0 Å². The number of aryl methyl sites for hydroxylation is 4. The van der Waals surface area contributed by atoms with Crippen molar-refractivity contribution < 1.29 is 18.4 Å². The highest BCUT2D eigenvalue weighted by molar-refractivity contribution is 6.46. The van der Waals surface area contributed by atoms with Crippen LogP contribution in [0.5, 0.6) is 0 Å². The summed E-state index contributed by atoms with van der Waals surface area (Å²) in [4.78, 5) is 27.6. The van der Waals surface area contributed by atoms with Crippen LogP contribution in [0, 0.1) is 39.3 Å². The van der Waals surface area contributed by atoms with Gasteiger partial charge in [0.1, 0.15) is 17.3 Å². The Morgan fingerprint density at radius 2 is 1.44 bits per heavy atom. The summed E-state index contributed by atoms with van der Waals surface area (Å²) in [5, 5.41) is 3.09. The summed E-state index contributed by atoms with van der Waals surface area (Å²) >= 11 is 0. The SMILES string of the molecule is Cc1cc(C)cc(NC2=C(c3ccc(C)c(C)c3)C(=O)N(c3ccc(F)cc3F)C2=O)c1. The third-order valence-electron chi connectivity index (χ3n) is 5.52. The Kier molecular flexibility index (Phi) is 5.38. The standard InChI is InChI=1S/C26H22F2N2O2/c1-14-9-15(2)11-20(10-14)29-24-23(18-6-5-16(3)17(4)12-18)25(31)30(26(24)32)22-8-7-19(27)13-21(22)28/h5-13,29H,1-4H3. The average molecular weight is 432 g/mol. The molecule has 4 nitrogen and oxygen atoms in total. The van der Waals surface area contributed by atoms with Gasteiger partial charge in [-0.05, 0) is 79.8 Å². The lowest BCUT2D eigenvalue weighted by atomic mass is 9.99. The summed E-state index contributed by atoms with van der Waals surface area (Å²) in [6.07, 6.45) is 0. The maximum atomic E-state index is 14.5. The number of anilines is 2. The summed E-state index contributed by atoms with van der Waals surface area (Å²) < 4.78 is 28.0. The van der Waals surface area contributed by atoms with E-state index < -0.39 is 23.4 Å². The van der Waals surface area contributed by atoms with Gasteiger partial charge in [-0.25, -0.2) is 13.7 Å². The van der Waals surface area contributed by atoms with Crippen LogP contribution in [0.2, 0.25) is 0 Å². The van der Waals surface area contributed by atoms with Gasteiger partial charge in [-0.2, -0.15) is 0 Å². The quantitative estimate of drug-likeness (QED) is 0.547. The Labute approximate surface area is 185 Å². The van der Waals surface area contributed by atoms with Crippen LogP contribution in [-0.2, 0) is 9.59 Å². The normalized spacial score (nSPS) is 13.9. The fourth-order valence-corrected chi connectivity index (χ4v) is 3.88. The monoisotopic (exact) mass is 432 g/mol. The predicted octanol–water partition coefficient (Wildman–Crippen LogP) is 5.60. The summed E-state index contributed by atoms with van der Waals surface area (Å²) in [7, 11) is 0. The number of rotatable bonds is 4. The molecule has 0 aliphatic carbocycles. The summed E-state index contributed by atoms with van der Waals surface area (Å²) in [6.45, 7) is 7.72. The molecule has 3 aromatic rings. The van der Waals surface area contributed by atoms with Crippen molar-refractivity contribution in [2.75, 3.05) is 10.2 Å². The number of nitrogens with one attached hydrogen (secondary N) is 1. The highest BCUT2D eigenvalue weighted by Crippen LogP contribution is 2.35. The van der Waals surface area contributed by atoms with E-state index in [9.17, 15) is 18.4 Å². The second kappa shape index (κ2) is 8.04. The summed E-state index contributed by atoms with van der Waals surface area (Å²) in [5.41, 5.74) is 5.04. The van der Waals surface area contributed by atoms with Gasteiger partial charge < -0.3 is 5.32 Å². The minimum absolute atomic E-state index is 0.0481. The van der Waals surface area contributed by atoms with Crippen LogP contribution in [0.15, 0.2) is 60.3 Å². The summed E-state index contributed by atoms with van der Waals surface area (Å²) in [5.74, 6) is -3.15. The fourth-order valence-electron chi connectivity index (χ4n) is 3.88. The molecule has 0 aromatic heterocycles. The van der Waals surface area contributed by atoms with Gasteiger partial charge in [-0.15, -0.1) is 0 Å². The maximum Gasteiger partial charge on any atom is 0.282 e. The highest BCUT2D eigenvalue weighted by atomic mass is 19.1. The third kappa shape index (κ3) is 3.80. The number of carbonyl (C=O) groups is 2. The number of halogens is 2. The van der Waals surface area contributed by atoms with Crippen molar-refractivity contribution in [3.8, 4) is 0 Å². The molecule has 4 rings (SSSR count). The third-order valence-corrected chi connectivity index (χ3v) is 5.52. The molecule has 0 radical (unpaired) electrons. The zero-order valence-electron chi connectivity index (χ0n) is 18.2. The van der Waals surface area contributed by atoms with Gasteiger partial charge in [0.15, 0.2) is 0 Å². The summed E-state index contributed by atoms with van der Waals surface area (Å²) in [6, 6.07) is 13.9. The zero-order valence-corrected chi connectivity index (χ0v) is 18.2. The molecule has 6 heteroatoms. The van der Waals surface area contributed by atoms with E-state index in [2.05, 4.69) is 5.32 Å². The molecule has 32 heavy (non-hydrogen) atoms. The lowest BCUT2D eigenvalue weighted by Crippen LogP contribution is -2.33. The zero-order chi connectivity index (χ0) is 23.2.